The van der Waals surface area contributed by atoms with Crippen LogP contribution in [0.25, 0.3) is 0 Å². The lowest BCUT2D eigenvalue weighted by molar-refractivity contribution is 0.456. The van der Waals surface area contributed by atoms with Crippen LogP contribution in [0.3, 0.4) is 0 Å². The summed E-state index contributed by atoms with van der Waals surface area (Å²) in [4.78, 5) is 0. The van der Waals surface area contributed by atoms with Crippen molar-refractivity contribution in [2.75, 3.05) is 0 Å². The van der Waals surface area contributed by atoms with E-state index in [0.717, 1.165) is 18.4 Å². The third-order valence-corrected chi connectivity index (χ3v) is 3.30. The molecule has 0 spiro atoms. The summed E-state index contributed by atoms with van der Waals surface area (Å²) < 4.78 is 14.4. The van der Waals surface area contributed by atoms with Crippen molar-refractivity contribution < 1.29 is 4.39 Å². The van der Waals surface area contributed by atoms with Crippen LogP contribution in [0, 0.1) is 22.7 Å². The van der Waals surface area contributed by atoms with E-state index < -0.39 is 5.41 Å². The second-order valence-corrected chi connectivity index (χ2v) is 5.08. The normalized spacial score (nSPS) is 15.7. The quantitative estimate of drug-likeness (QED) is 0.584. The van der Waals surface area contributed by atoms with E-state index in [1.807, 2.05) is 20.8 Å². The first-order chi connectivity index (χ1) is 8.33. The molecule has 0 saturated heterocycles. The summed E-state index contributed by atoms with van der Waals surface area (Å²) in [6.45, 7) is 13.1. The number of hydrogen-bond donors (Lipinski definition) is 0. The first kappa shape index (κ1) is 16.6. The third kappa shape index (κ3) is 4.14. The Balaban J connectivity index is 5.78. The molecule has 0 amide bonds. The largest absolute Gasteiger partial charge is 0.207 e. The zero-order valence-electron chi connectivity index (χ0n) is 12.2. The molecule has 18 heavy (non-hydrogen) atoms. The standard InChI is InChI=1S/C16H24FN/c1-7-12(4)15(16(5,6)11-18)14(17)10-13(8-2)9-3/h8,10,12H,2,7,9H2,1,3-6H3/b13-10+,15-14-. The maximum Gasteiger partial charge on any atom is 0.124 e. The summed E-state index contributed by atoms with van der Waals surface area (Å²) in [5.74, 6) is -0.230. The fourth-order valence-corrected chi connectivity index (χ4v) is 1.96. The Kier molecular flexibility index (Phi) is 6.62. The van der Waals surface area contributed by atoms with Crippen LogP contribution in [-0.4, -0.2) is 0 Å². The van der Waals surface area contributed by atoms with E-state index in [9.17, 15) is 9.65 Å². The summed E-state index contributed by atoms with van der Waals surface area (Å²) in [6, 6.07) is 2.19. The average molecular weight is 249 g/mol. The van der Waals surface area contributed by atoms with Gasteiger partial charge in [-0.3, -0.25) is 0 Å². The molecule has 0 radical (unpaired) electrons. The summed E-state index contributed by atoms with van der Waals surface area (Å²) in [7, 11) is 0. The van der Waals surface area contributed by atoms with Crippen molar-refractivity contribution >= 4 is 0 Å². The van der Waals surface area contributed by atoms with Gasteiger partial charge in [0.15, 0.2) is 0 Å². The molecule has 0 fully saturated rings. The molecule has 0 bridgehead atoms. The SMILES string of the molecule is C=C/C(=C\C(F)=C(/C(C)CC)C(C)(C)C#N)CC. The summed E-state index contributed by atoms with van der Waals surface area (Å²) in [5.41, 5.74) is 0.651. The molecule has 1 atom stereocenters. The smallest absolute Gasteiger partial charge is 0.124 e. The fourth-order valence-electron chi connectivity index (χ4n) is 1.96. The molecule has 0 heterocycles. The van der Waals surface area contributed by atoms with Gasteiger partial charge in [-0.25, -0.2) is 4.39 Å². The maximum absolute atomic E-state index is 14.4. The highest BCUT2D eigenvalue weighted by molar-refractivity contribution is 5.35. The van der Waals surface area contributed by atoms with Crippen LogP contribution in [0.1, 0.15) is 47.5 Å². The number of hydrogen-bond acceptors (Lipinski definition) is 1. The third-order valence-electron chi connectivity index (χ3n) is 3.30. The first-order valence-corrected chi connectivity index (χ1v) is 6.48. The molecule has 0 aromatic heterocycles. The number of halogens is 1. The molecule has 0 aromatic rings. The van der Waals surface area contributed by atoms with Gasteiger partial charge >= 0.3 is 0 Å². The molecule has 100 valence electrons. The van der Waals surface area contributed by atoms with Crippen LogP contribution in [0.4, 0.5) is 4.39 Å². The van der Waals surface area contributed by atoms with Gasteiger partial charge in [-0.2, -0.15) is 5.26 Å². The first-order valence-electron chi connectivity index (χ1n) is 6.48. The van der Waals surface area contributed by atoms with E-state index in [2.05, 4.69) is 12.6 Å². The van der Waals surface area contributed by atoms with Crippen molar-refractivity contribution in [3.8, 4) is 6.07 Å². The van der Waals surface area contributed by atoms with Crippen molar-refractivity contribution in [1.29, 1.82) is 5.26 Å². The number of allylic oxidation sites excluding steroid dienone is 5. The minimum absolute atomic E-state index is 0.0545. The molecule has 2 heteroatoms. The molecule has 0 rings (SSSR count). The van der Waals surface area contributed by atoms with E-state index >= 15 is 0 Å². The van der Waals surface area contributed by atoms with Gasteiger partial charge < -0.3 is 0 Å². The molecule has 1 nitrogen and oxygen atoms in total. The minimum atomic E-state index is -0.782. The van der Waals surface area contributed by atoms with Gasteiger partial charge in [-0.05, 0) is 49.8 Å². The summed E-state index contributed by atoms with van der Waals surface area (Å²) in [6.07, 6.45) is 4.72. The fraction of sp³-hybridized carbons (Fsp3) is 0.562. The van der Waals surface area contributed by atoms with E-state index in [1.165, 1.54) is 6.08 Å². The lowest BCUT2D eigenvalue weighted by Gasteiger charge is -2.25. The van der Waals surface area contributed by atoms with Gasteiger partial charge in [0, 0.05) is 0 Å². The second-order valence-electron chi connectivity index (χ2n) is 5.08. The minimum Gasteiger partial charge on any atom is -0.207 e. The predicted molar refractivity (Wildman–Crippen MR) is 75.6 cm³/mol. The Morgan fingerprint density at radius 1 is 1.44 bits per heavy atom. The van der Waals surface area contributed by atoms with E-state index in [-0.39, 0.29) is 11.7 Å². The molecule has 0 N–H and O–H groups in total. The lowest BCUT2D eigenvalue weighted by Crippen LogP contribution is -2.19. The van der Waals surface area contributed by atoms with E-state index in [0.29, 0.717) is 5.57 Å². The lowest BCUT2D eigenvalue weighted by atomic mass is 9.77. The molecule has 0 aliphatic carbocycles. The van der Waals surface area contributed by atoms with Crippen molar-refractivity contribution in [2.45, 2.75) is 47.5 Å². The maximum atomic E-state index is 14.4. The van der Waals surface area contributed by atoms with Gasteiger partial charge in [0.05, 0.1) is 11.5 Å². The summed E-state index contributed by atoms with van der Waals surface area (Å²) >= 11 is 0. The van der Waals surface area contributed by atoms with E-state index in [4.69, 9.17) is 0 Å². The van der Waals surface area contributed by atoms with Crippen LogP contribution >= 0.6 is 0 Å². The van der Waals surface area contributed by atoms with Crippen LogP contribution < -0.4 is 0 Å². The Hall–Kier alpha value is -1.36. The van der Waals surface area contributed by atoms with Crippen LogP contribution in [0.15, 0.2) is 35.7 Å². The van der Waals surface area contributed by atoms with Crippen molar-refractivity contribution in [2.24, 2.45) is 11.3 Å². The Morgan fingerprint density at radius 2 is 2.00 bits per heavy atom. The van der Waals surface area contributed by atoms with Gasteiger partial charge in [0.25, 0.3) is 0 Å². The van der Waals surface area contributed by atoms with Crippen LogP contribution in [0.2, 0.25) is 0 Å². The Bertz CT molecular complexity index is 394. The highest BCUT2D eigenvalue weighted by Gasteiger charge is 2.29. The molecular formula is C16H24FN. The molecular weight excluding hydrogens is 225 g/mol. The van der Waals surface area contributed by atoms with Crippen LogP contribution in [-0.2, 0) is 0 Å². The number of rotatable bonds is 6. The zero-order chi connectivity index (χ0) is 14.3. The van der Waals surface area contributed by atoms with Gasteiger partial charge in [0.1, 0.15) is 5.83 Å². The highest BCUT2D eigenvalue weighted by atomic mass is 19.1. The van der Waals surface area contributed by atoms with Gasteiger partial charge in [-0.15, -0.1) is 0 Å². The average Bonchev–Trinajstić information content (AvgIpc) is 2.35. The van der Waals surface area contributed by atoms with Crippen LogP contribution in [0.5, 0.6) is 0 Å². The number of nitrogens with zero attached hydrogens (tertiary/aromatic N) is 1. The molecule has 0 aromatic carbocycles. The Morgan fingerprint density at radius 3 is 2.33 bits per heavy atom. The molecule has 0 aliphatic rings. The second kappa shape index (κ2) is 7.16. The van der Waals surface area contributed by atoms with Crippen molar-refractivity contribution in [1.82, 2.24) is 0 Å². The molecule has 0 saturated carbocycles. The topological polar surface area (TPSA) is 23.8 Å². The highest BCUT2D eigenvalue weighted by Crippen LogP contribution is 2.36. The van der Waals surface area contributed by atoms with E-state index in [1.54, 1.807) is 19.9 Å². The summed E-state index contributed by atoms with van der Waals surface area (Å²) in [5, 5.41) is 9.21. The molecule has 0 aliphatic heterocycles. The monoisotopic (exact) mass is 249 g/mol. The van der Waals surface area contributed by atoms with Crippen molar-refractivity contribution in [3.63, 3.8) is 0 Å². The van der Waals surface area contributed by atoms with Crippen molar-refractivity contribution in [3.05, 3.63) is 35.7 Å². The predicted octanol–water partition coefficient (Wildman–Crippen LogP) is 5.33. The number of nitriles is 1. The zero-order valence-corrected chi connectivity index (χ0v) is 12.2. The molecule has 1 unspecified atom stereocenters. The van der Waals surface area contributed by atoms with Gasteiger partial charge in [-0.1, -0.05) is 33.4 Å². The van der Waals surface area contributed by atoms with Gasteiger partial charge in [0.2, 0.25) is 0 Å². The Labute approximate surface area is 111 Å².